The summed E-state index contributed by atoms with van der Waals surface area (Å²) in [6.07, 6.45) is 1.45. The van der Waals surface area contributed by atoms with Crippen LogP contribution >= 0.6 is 0 Å². The molecule has 1 heterocycles. The Morgan fingerprint density at radius 3 is 2.36 bits per heavy atom. The Morgan fingerprint density at radius 1 is 0.949 bits per heavy atom. The molecule has 1 fully saturated rings. The number of rotatable bonds is 12. The summed E-state index contributed by atoms with van der Waals surface area (Å²) in [4.78, 5) is 27.9. The largest absolute Gasteiger partial charge is 0.507 e. The summed E-state index contributed by atoms with van der Waals surface area (Å²) in [5.41, 5.74) is 3.08. The number of Topliss-reactive ketones (excluding diaryl/α,β-unsaturated/α-hetero) is 1. The Hall–Kier alpha value is -4.10. The van der Waals surface area contributed by atoms with Crippen LogP contribution in [0.2, 0.25) is 0 Å². The molecule has 1 saturated heterocycles. The molecule has 1 aliphatic heterocycles. The Balaban J connectivity index is 1.67. The molecule has 3 aromatic carbocycles. The zero-order valence-corrected chi connectivity index (χ0v) is 22.7. The second kappa shape index (κ2) is 13.1. The first-order chi connectivity index (χ1) is 18.9. The number of aliphatic hydroxyl groups excluding tert-OH is 1. The van der Waals surface area contributed by atoms with Crippen LogP contribution in [0.5, 0.6) is 11.5 Å². The minimum Gasteiger partial charge on any atom is -0.507 e. The fourth-order valence-corrected chi connectivity index (χ4v) is 4.65. The molecule has 0 radical (unpaired) electrons. The molecule has 39 heavy (non-hydrogen) atoms. The molecule has 1 N–H and O–H groups in total. The summed E-state index contributed by atoms with van der Waals surface area (Å²) < 4.78 is 16.8. The number of benzene rings is 3. The van der Waals surface area contributed by atoms with Gasteiger partial charge in [-0.25, -0.2) is 0 Å². The van der Waals surface area contributed by atoms with Crippen molar-refractivity contribution in [2.24, 2.45) is 0 Å². The van der Waals surface area contributed by atoms with Gasteiger partial charge >= 0.3 is 0 Å². The van der Waals surface area contributed by atoms with E-state index in [1.54, 1.807) is 25.3 Å². The standard InChI is InChI=1S/C32H35NO6/c1-4-18-38-26-14-11-24(12-15-26)29-28(31(35)32(36)33(29)17-8-19-37-3)30(34)25-13-16-27(22(2)20-25)39-21-23-9-6-5-7-10-23/h5-7,9-16,20,29,34H,4,8,17-19,21H2,1-3H3/b30-28-. The second-order valence-electron chi connectivity index (χ2n) is 9.51. The van der Waals surface area contributed by atoms with Crippen LogP contribution in [0, 0.1) is 6.92 Å². The van der Waals surface area contributed by atoms with Gasteiger partial charge in [0.2, 0.25) is 0 Å². The van der Waals surface area contributed by atoms with E-state index in [2.05, 4.69) is 0 Å². The van der Waals surface area contributed by atoms with Crippen LogP contribution < -0.4 is 9.47 Å². The van der Waals surface area contributed by atoms with Crippen molar-refractivity contribution in [3.05, 3.63) is 101 Å². The summed E-state index contributed by atoms with van der Waals surface area (Å²) in [6.45, 7) is 5.69. The van der Waals surface area contributed by atoms with Gasteiger partial charge in [-0.15, -0.1) is 0 Å². The summed E-state index contributed by atoms with van der Waals surface area (Å²) in [7, 11) is 1.59. The highest BCUT2D eigenvalue weighted by molar-refractivity contribution is 6.46. The first kappa shape index (κ1) is 27.9. The Morgan fingerprint density at radius 2 is 1.69 bits per heavy atom. The van der Waals surface area contributed by atoms with Crippen molar-refractivity contribution in [3.63, 3.8) is 0 Å². The van der Waals surface area contributed by atoms with E-state index in [4.69, 9.17) is 14.2 Å². The van der Waals surface area contributed by atoms with Crippen molar-refractivity contribution in [1.82, 2.24) is 4.90 Å². The number of likely N-dealkylation sites (tertiary alicyclic amines) is 1. The maximum absolute atomic E-state index is 13.3. The molecule has 0 aromatic heterocycles. The summed E-state index contributed by atoms with van der Waals surface area (Å²) >= 11 is 0. The number of carbonyl (C=O) groups is 2. The van der Waals surface area contributed by atoms with E-state index in [1.165, 1.54) is 4.90 Å². The highest BCUT2D eigenvalue weighted by Gasteiger charge is 2.45. The van der Waals surface area contributed by atoms with E-state index in [0.29, 0.717) is 49.8 Å². The fraction of sp³-hybridized carbons (Fsp3) is 0.312. The van der Waals surface area contributed by atoms with E-state index in [1.807, 2.05) is 68.4 Å². The lowest BCUT2D eigenvalue weighted by Crippen LogP contribution is -2.31. The maximum Gasteiger partial charge on any atom is 0.295 e. The summed E-state index contributed by atoms with van der Waals surface area (Å²) in [5.74, 6) is -0.170. The lowest BCUT2D eigenvalue weighted by molar-refractivity contribution is -0.140. The number of amides is 1. The number of ketones is 1. The van der Waals surface area contributed by atoms with E-state index in [0.717, 1.165) is 23.1 Å². The molecule has 7 nitrogen and oxygen atoms in total. The first-order valence-corrected chi connectivity index (χ1v) is 13.2. The van der Waals surface area contributed by atoms with Crippen LogP contribution in [0.4, 0.5) is 0 Å². The molecule has 3 aromatic rings. The Labute approximate surface area is 229 Å². The number of hydrogen-bond acceptors (Lipinski definition) is 6. The summed E-state index contributed by atoms with van der Waals surface area (Å²) in [5, 5.41) is 11.4. The minimum atomic E-state index is -0.726. The third-order valence-corrected chi connectivity index (χ3v) is 6.64. The third-order valence-electron chi connectivity index (χ3n) is 6.64. The van der Waals surface area contributed by atoms with Gasteiger partial charge < -0.3 is 24.2 Å². The van der Waals surface area contributed by atoms with E-state index in [9.17, 15) is 14.7 Å². The predicted octanol–water partition coefficient (Wildman–Crippen LogP) is 5.82. The van der Waals surface area contributed by atoms with Gasteiger partial charge in [-0.3, -0.25) is 9.59 Å². The molecule has 1 unspecified atom stereocenters. The molecule has 1 atom stereocenters. The van der Waals surface area contributed by atoms with Gasteiger partial charge in [-0.2, -0.15) is 0 Å². The molecule has 0 saturated carbocycles. The number of methoxy groups -OCH3 is 1. The SMILES string of the molecule is CCCOc1ccc(C2/C(=C(/O)c3ccc(OCc4ccccc4)c(C)c3)C(=O)C(=O)N2CCCOC)cc1. The van der Waals surface area contributed by atoms with Crippen LogP contribution in [0.25, 0.3) is 5.76 Å². The van der Waals surface area contributed by atoms with Gasteiger partial charge in [-0.1, -0.05) is 49.4 Å². The van der Waals surface area contributed by atoms with Gasteiger partial charge in [0, 0.05) is 25.8 Å². The Kier molecular flexibility index (Phi) is 9.39. The van der Waals surface area contributed by atoms with Gasteiger partial charge in [0.15, 0.2) is 0 Å². The number of carbonyl (C=O) groups excluding carboxylic acids is 2. The molecule has 0 aliphatic carbocycles. The lowest BCUT2D eigenvalue weighted by Gasteiger charge is -2.25. The lowest BCUT2D eigenvalue weighted by atomic mass is 9.94. The molecule has 0 spiro atoms. The van der Waals surface area contributed by atoms with Crippen molar-refractivity contribution in [2.45, 2.75) is 39.3 Å². The molecule has 0 bridgehead atoms. The maximum atomic E-state index is 13.3. The van der Waals surface area contributed by atoms with Gasteiger partial charge in [0.1, 0.15) is 23.9 Å². The van der Waals surface area contributed by atoms with Gasteiger partial charge in [0.25, 0.3) is 11.7 Å². The van der Waals surface area contributed by atoms with Crippen molar-refractivity contribution < 1.29 is 28.9 Å². The Bertz CT molecular complexity index is 1320. The average Bonchev–Trinajstić information content (AvgIpc) is 3.21. The van der Waals surface area contributed by atoms with Crippen LogP contribution in [-0.2, 0) is 20.9 Å². The topological polar surface area (TPSA) is 85.3 Å². The molecule has 7 heteroatoms. The highest BCUT2D eigenvalue weighted by Crippen LogP contribution is 2.40. The van der Waals surface area contributed by atoms with Crippen LogP contribution in [0.1, 0.15) is 48.1 Å². The normalized spacial score (nSPS) is 16.5. The van der Waals surface area contributed by atoms with Gasteiger partial charge in [0.05, 0.1) is 18.2 Å². The third kappa shape index (κ3) is 6.49. The molecule has 4 rings (SSSR count). The van der Waals surface area contributed by atoms with Gasteiger partial charge in [-0.05, 0) is 66.8 Å². The van der Waals surface area contributed by atoms with E-state index < -0.39 is 17.7 Å². The molecular formula is C32H35NO6. The number of aliphatic hydroxyl groups is 1. The zero-order valence-electron chi connectivity index (χ0n) is 22.7. The van der Waals surface area contributed by atoms with E-state index >= 15 is 0 Å². The summed E-state index contributed by atoms with van der Waals surface area (Å²) in [6, 6.07) is 21.7. The fourth-order valence-electron chi connectivity index (χ4n) is 4.65. The zero-order chi connectivity index (χ0) is 27.8. The highest BCUT2D eigenvalue weighted by atomic mass is 16.5. The minimum absolute atomic E-state index is 0.0667. The number of hydrogen-bond donors (Lipinski definition) is 1. The average molecular weight is 530 g/mol. The number of nitrogens with zero attached hydrogens (tertiary/aromatic N) is 1. The van der Waals surface area contributed by atoms with Crippen molar-refractivity contribution in [3.8, 4) is 11.5 Å². The van der Waals surface area contributed by atoms with Crippen LogP contribution in [0.3, 0.4) is 0 Å². The first-order valence-electron chi connectivity index (χ1n) is 13.2. The predicted molar refractivity (Wildman–Crippen MR) is 150 cm³/mol. The molecule has 204 valence electrons. The number of ether oxygens (including phenoxy) is 3. The van der Waals surface area contributed by atoms with Crippen LogP contribution in [-0.4, -0.2) is 48.6 Å². The second-order valence-corrected chi connectivity index (χ2v) is 9.51. The smallest absolute Gasteiger partial charge is 0.295 e. The van der Waals surface area contributed by atoms with Crippen molar-refractivity contribution >= 4 is 17.4 Å². The number of aryl methyl sites for hydroxylation is 1. The monoisotopic (exact) mass is 529 g/mol. The van der Waals surface area contributed by atoms with Crippen molar-refractivity contribution in [2.75, 3.05) is 26.9 Å². The molecule has 1 aliphatic rings. The van der Waals surface area contributed by atoms with Crippen LogP contribution in [0.15, 0.2) is 78.4 Å². The quantitative estimate of drug-likeness (QED) is 0.138. The molecular weight excluding hydrogens is 494 g/mol. The van der Waals surface area contributed by atoms with E-state index in [-0.39, 0.29) is 11.3 Å². The molecule has 1 amide bonds. The van der Waals surface area contributed by atoms with Crippen molar-refractivity contribution in [1.29, 1.82) is 0 Å².